The molecule has 0 fully saturated rings. The number of carboxylic acids is 1. The number of aliphatic carboxylic acids is 1. The standard InChI is InChI=1S/C36H49N11O9/c1-18(37)30(50)44-25(8-5-13-41-36(39)40)32(52)46-27(16-29(38)49)34(54)45-26(15-21-17-42-24-7-4-3-6-23(21)24)33(53)43-19(2)31(51)47-28(35(55)56)14-20-9-11-22(48)12-10-20/h3-4,6-7,9-12,17-19,25-28,42,48H,5,8,13-16,37H2,1-2H3,(H2,38,49)(H,43,53)(H,44,50)(H,45,54)(H,46,52)(H,47,51)(H,55,56)(H4,39,40,41)/t18-,19-,25-,26-,27-,28-/m0/s1. The van der Waals surface area contributed by atoms with E-state index in [2.05, 4.69) is 36.6 Å². The minimum atomic E-state index is -1.62. The van der Waals surface area contributed by atoms with Crippen LogP contribution in [0.4, 0.5) is 0 Å². The number of para-hydroxylation sites is 1. The number of carboxylic acid groups (broad SMARTS) is 1. The quantitative estimate of drug-likeness (QED) is 0.0302. The van der Waals surface area contributed by atoms with Gasteiger partial charge in [-0.1, -0.05) is 30.3 Å². The van der Waals surface area contributed by atoms with Crippen LogP contribution in [0.3, 0.4) is 0 Å². The van der Waals surface area contributed by atoms with Crippen LogP contribution in [0.5, 0.6) is 5.75 Å². The number of fused-ring (bicyclic) bond motifs is 1. The van der Waals surface area contributed by atoms with Gasteiger partial charge in [0.1, 0.15) is 36.0 Å². The molecule has 56 heavy (non-hydrogen) atoms. The molecule has 0 aliphatic rings. The zero-order chi connectivity index (χ0) is 41.5. The summed E-state index contributed by atoms with van der Waals surface area (Å²) in [5.41, 5.74) is 23.7. The highest BCUT2D eigenvalue weighted by molar-refractivity contribution is 5.98. The van der Waals surface area contributed by atoms with Gasteiger partial charge >= 0.3 is 5.97 Å². The molecule has 0 aliphatic heterocycles. The summed E-state index contributed by atoms with van der Waals surface area (Å²) in [6, 6.07) is 4.94. The van der Waals surface area contributed by atoms with Gasteiger partial charge in [0.2, 0.25) is 35.4 Å². The zero-order valence-electron chi connectivity index (χ0n) is 30.9. The molecule has 6 amide bonds. The maximum atomic E-state index is 13.8. The molecule has 0 aliphatic carbocycles. The molecule has 3 rings (SSSR count). The van der Waals surface area contributed by atoms with Gasteiger partial charge in [0.15, 0.2) is 5.96 Å². The van der Waals surface area contributed by atoms with Gasteiger partial charge in [0.25, 0.3) is 0 Å². The average Bonchev–Trinajstić information content (AvgIpc) is 3.54. The second-order valence-electron chi connectivity index (χ2n) is 13.2. The summed E-state index contributed by atoms with van der Waals surface area (Å²) in [5.74, 6) is -6.76. The number of carbonyl (C=O) groups is 7. The van der Waals surface area contributed by atoms with Crippen LogP contribution in [0.2, 0.25) is 0 Å². The number of benzene rings is 2. The van der Waals surface area contributed by atoms with Crippen LogP contribution in [0.15, 0.2) is 59.7 Å². The highest BCUT2D eigenvalue weighted by Gasteiger charge is 2.33. The van der Waals surface area contributed by atoms with E-state index in [4.69, 9.17) is 22.9 Å². The van der Waals surface area contributed by atoms with Gasteiger partial charge in [0, 0.05) is 36.5 Å². The highest BCUT2D eigenvalue weighted by atomic mass is 16.4. The fourth-order valence-electron chi connectivity index (χ4n) is 5.50. The van der Waals surface area contributed by atoms with Crippen molar-refractivity contribution in [3.63, 3.8) is 0 Å². The second-order valence-corrected chi connectivity index (χ2v) is 13.2. The van der Waals surface area contributed by atoms with Crippen molar-refractivity contribution in [2.75, 3.05) is 6.54 Å². The lowest BCUT2D eigenvalue weighted by Crippen LogP contribution is -2.59. The Morgan fingerprint density at radius 2 is 1.32 bits per heavy atom. The lowest BCUT2D eigenvalue weighted by molar-refractivity contribution is -0.142. The fraction of sp³-hybridized carbons (Fsp3) is 0.389. The third kappa shape index (κ3) is 13.6. The van der Waals surface area contributed by atoms with E-state index in [1.807, 2.05) is 0 Å². The Kier molecular flexibility index (Phi) is 16.1. The van der Waals surface area contributed by atoms with Gasteiger partial charge in [-0.2, -0.15) is 0 Å². The first-order valence-corrected chi connectivity index (χ1v) is 17.6. The van der Waals surface area contributed by atoms with Crippen molar-refractivity contribution in [2.45, 2.75) is 82.2 Å². The van der Waals surface area contributed by atoms with Crippen molar-refractivity contribution in [2.24, 2.45) is 27.9 Å². The lowest BCUT2D eigenvalue weighted by atomic mass is 10.0. The second kappa shape index (κ2) is 20.7. The Bertz CT molecular complexity index is 1910. The number of phenolic OH excluding ortho intramolecular Hbond substituents is 1. The smallest absolute Gasteiger partial charge is 0.326 e. The predicted molar refractivity (Wildman–Crippen MR) is 204 cm³/mol. The van der Waals surface area contributed by atoms with E-state index in [1.54, 1.807) is 30.5 Å². The van der Waals surface area contributed by atoms with Crippen molar-refractivity contribution in [3.05, 3.63) is 65.9 Å². The summed E-state index contributed by atoms with van der Waals surface area (Å²) in [4.78, 5) is 97.7. The molecule has 0 saturated carbocycles. The summed E-state index contributed by atoms with van der Waals surface area (Å²) >= 11 is 0. The summed E-state index contributed by atoms with van der Waals surface area (Å²) in [6.07, 6.45) is 0.909. The molecule has 1 heterocycles. The number of nitrogens with two attached hydrogens (primary N) is 4. The number of hydrogen-bond acceptors (Lipinski definition) is 10. The Morgan fingerprint density at radius 3 is 1.95 bits per heavy atom. The van der Waals surface area contributed by atoms with E-state index in [0.717, 1.165) is 10.9 Å². The molecule has 20 nitrogen and oxygen atoms in total. The number of hydrogen-bond donors (Lipinski definition) is 12. The summed E-state index contributed by atoms with van der Waals surface area (Å²) in [6.45, 7) is 2.83. The van der Waals surface area contributed by atoms with E-state index in [1.165, 1.54) is 38.1 Å². The number of phenols is 1. The van der Waals surface area contributed by atoms with Gasteiger partial charge < -0.3 is 64.7 Å². The van der Waals surface area contributed by atoms with Gasteiger partial charge in [-0.15, -0.1) is 0 Å². The van der Waals surface area contributed by atoms with Crippen molar-refractivity contribution in [1.82, 2.24) is 31.6 Å². The number of aromatic amines is 1. The van der Waals surface area contributed by atoms with Crippen LogP contribution in [0.25, 0.3) is 10.9 Å². The first-order chi connectivity index (χ1) is 26.4. The van der Waals surface area contributed by atoms with Gasteiger partial charge in [-0.3, -0.25) is 33.8 Å². The van der Waals surface area contributed by atoms with Crippen LogP contribution in [0, 0.1) is 0 Å². The minimum Gasteiger partial charge on any atom is -0.508 e. The number of H-pyrrole nitrogens is 1. The fourth-order valence-corrected chi connectivity index (χ4v) is 5.50. The maximum absolute atomic E-state index is 13.8. The molecule has 0 spiro atoms. The average molecular weight is 780 g/mol. The monoisotopic (exact) mass is 779 g/mol. The number of primary amides is 1. The third-order valence-electron chi connectivity index (χ3n) is 8.50. The molecule has 0 saturated heterocycles. The van der Waals surface area contributed by atoms with Crippen LogP contribution in [0.1, 0.15) is 44.2 Å². The Morgan fingerprint density at radius 1 is 0.732 bits per heavy atom. The van der Waals surface area contributed by atoms with E-state index in [9.17, 15) is 43.8 Å². The molecule has 1 aromatic heterocycles. The minimum absolute atomic E-state index is 0.00913. The summed E-state index contributed by atoms with van der Waals surface area (Å²) in [7, 11) is 0. The molecular formula is C36H49N11O9. The van der Waals surface area contributed by atoms with Crippen molar-refractivity contribution >= 4 is 58.3 Å². The van der Waals surface area contributed by atoms with Crippen molar-refractivity contribution in [3.8, 4) is 5.75 Å². The molecule has 0 unspecified atom stereocenters. The topological polar surface area (TPSA) is 352 Å². The molecule has 6 atom stereocenters. The summed E-state index contributed by atoms with van der Waals surface area (Å²) in [5, 5.41) is 32.4. The van der Waals surface area contributed by atoms with E-state index in [0.29, 0.717) is 11.1 Å². The van der Waals surface area contributed by atoms with Crippen LogP contribution in [-0.4, -0.2) is 105 Å². The third-order valence-corrected chi connectivity index (χ3v) is 8.50. The van der Waals surface area contributed by atoms with E-state index in [-0.39, 0.29) is 43.9 Å². The molecule has 302 valence electrons. The number of carbonyl (C=O) groups excluding carboxylic acids is 6. The van der Waals surface area contributed by atoms with Gasteiger partial charge in [-0.25, -0.2) is 4.79 Å². The first kappa shape index (κ1) is 43.7. The van der Waals surface area contributed by atoms with Crippen molar-refractivity contribution < 1.29 is 43.8 Å². The number of rotatable bonds is 21. The number of aromatic nitrogens is 1. The molecule has 20 heteroatoms. The largest absolute Gasteiger partial charge is 0.508 e. The number of amides is 6. The molecular weight excluding hydrogens is 730 g/mol. The molecule has 3 aromatic rings. The number of aliphatic imine (C=N–C) groups is 1. The van der Waals surface area contributed by atoms with Gasteiger partial charge in [0.05, 0.1) is 12.5 Å². The Hall–Kier alpha value is -6.70. The van der Waals surface area contributed by atoms with Crippen LogP contribution >= 0.6 is 0 Å². The van der Waals surface area contributed by atoms with E-state index < -0.39 is 84.1 Å². The summed E-state index contributed by atoms with van der Waals surface area (Å²) < 4.78 is 0. The van der Waals surface area contributed by atoms with Crippen molar-refractivity contribution in [1.29, 1.82) is 0 Å². The molecule has 2 aromatic carbocycles. The highest BCUT2D eigenvalue weighted by Crippen LogP contribution is 2.19. The normalized spacial score (nSPS) is 14.1. The number of aromatic hydroxyl groups is 1. The lowest BCUT2D eigenvalue weighted by Gasteiger charge is -2.26. The number of guanidine groups is 1. The number of nitrogens with zero attached hydrogens (tertiary/aromatic N) is 1. The zero-order valence-corrected chi connectivity index (χ0v) is 30.9. The SMILES string of the molecule is C[C@H](N)C(=O)N[C@@H](CCCN=C(N)N)C(=O)N[C@@H](CC(N)=O)C(=O)N[C@@H](Cc1c[nH]c2ccccc12)C(=O)N[C@@H](C)C(=O)N[C@@H](Cc1ccc(O)cc1)C(=O)O. The predicted octanol–water partition coefficient (Wildman–Crippen LogP) is -2.54. The Labute approximate surface area is 321 Å². The van der Waals surface area contributed by atoms with Crippen LogP contribution < -0.4 is 49.5 Å². The Balaban J connectivity index is 1.84. The van der Waals surface area contributed by atoms with Gasteiger partial charge in [-0.05, 0) is 56.0 Å². The number of nitrogens with one attached hydrogen (secondary N) is 6. The maximum Gasteiger partial charge on any atom is 0.326 e. The molecule has 0 radical (unpaired) electrons. The molecule has 0 bridgehead atoms. The first-order valence-electron chi connectivity index (χ1n) is 17.6. The van der Waals surface area contributed by atoms with E-state index >= 15 is 0 Å². The molecule has 16 N–H and O–H groups in total. The van der Waals surface area contributed by atoms with Crippen LogP contribution in [-0.2, 0) is 46.4 Å².